The SMILES string of the molecule is CCCCOC=O.CCCCc1cccc(O)c1. The van der Waals surface area contributed by atoms with Gasteiger partial charge in [-0.3, -0.25) is 4.79 Å². The quantitative estimate of drug-likeness (QED) is 0.594. The van der Waals surface area contributed by atoms with Gasteiger partial charge in [0.05, 0.1) is 6.61 Å². The van der Waals surface area contributed by atoms with Crippen molar-refractivity contribution >= 4 is 6.47 Å². The van der Waals surface area contributed by atoms with E-state index >= 15 is 0 Å². The zero-order valence-electron chi connectivity index (χ0n) is 11.4. The number of benzene rings is 1. The van der Waals surface area contributed by atoms with Crippen molar-refractivity contribution in [2.45, 2.75) is 46.0 Å². The van der Waals surface area contributed by atoms with Crippen LogP contribution in [0.25, 0.3) is 0 Å². The van der Waals surface area contributed by atoms with Crippen molar-refractivity contribution in [1.29, 1.82) is 0 Å². The summed E-state index contributed by atoms with van der Waals surface area (Å²) in [7, 11) is 0. The molecule has 0 saturated carbocycles. The molecule has 0 aliphatic rings. The number of phenols is 1. The van der Waals surface area contributed by atoms with Crippen molar-refractivity contribution in [2.75, 3.05) is 6.61 Å². The second kappa shape index (κ2) is 12.0. The maximum Gasteiger partial charge on any atom is 0.293 e. The molecule has 0 saturated heterocycles. The lowest BCUT2D eigenvalue weighted by Gasteiger charge is -1.98. The Labute approximate surface area is 110 Å². The highest BCUT2D eigenvalue weighted by Crippen LogP contribution is 2.12. The molecule has 0 bridgehead atoms. The number of ether oxygens (including phenoxy) is 1. The van der Waals surface area contributed by atoms with Crippen LogP contribution < -0.4 is 0 Å². The van der Waals surface area contributed by atoms with Gasteiger partial charge < -0.3 is 9.84 Å². The highest BCUT2D eigenvalue weighted by molar-refractivity contribution is 5.36. The van der Waals surface area contributed by atoms with Crippen molar-refractivity contribution in [3.05, 3.63) is 29.8 Å². The van der Waals surface area contributed by atoms with E-state index in [1.165, 1.54) is 18.4 Å². The molecule has 0 aliphatic carbocycles. The minimum Gasteiger partial charge on any atom is -0.508 e. The molecule has 0 aromatic heterocycles. The van der Waals surface area contributed by atoms with Crippen LogP contribution in [0.15, 0.2) is 24.3 Å². The van der Waals surface area contributed by atoms with E-state index in [0.29, 0.717) is 18.8 Å². The molecule has 0 radical (unpaired) electrons. The molecule has 1 N–H and O–H groups in total. The molecule has 0 aliphatic heterocycles. The smallest absolute Gasteiger partial charge is 0.293 e. The van der Waals surface area contributed by atoms with E-state index in [9.17, 15) is 4.79 Å². The lowest BCUT2D eigenvalue weighted by Crippen LogP contribution is -1.88. The predicted octanol–water partition coefficient (Wildman–Crippen LogP) is 3.69. The molecule has 1 rings (SSSR count). The second-order valence-electron chi connectivity index (χ2n) is 4.09. The molecule has 0 amide bonds. The number of unbranched alkanes of at least 4 members (excludes halogenated alkanes) is 2. The molecule has 3 nitrogen and oxygen atoms in total. The van der Waals surface area contributed by atoms with E-state index in [1.807, 2.05) is 19.1 Å². The Kier molecular flexibility index (Phi) is 11.0. The van der Waals surface area contributed by atoms with Crippen LogP contribution in [0, 0.1) is 0 Å². The van der Waals surface area contributed by atoms with Gasteiger partial charge >= 0.3 is 0 Å². The summed E-state index contributed by atoms with van der Waals surface area (Å²) in [6.45, 7) is 5.27. The lowest BCUT2D eigenvalue weighted by atomic mass is 10.1. The van der Waals surface area contributed by atoms with Gasteiger partial charge in [-0.2, -0.15) is 0 Å². The average molecular weight is 252 g/mol. The van der Waals surface area contributed by atoms with Crippen LogP contribution in [0.4, 0.5) is 0 Å². The van der Waals surface area contributed by atoms with E-state index in [-0.39, 0.29) is 0 Å². The van der Waals surface area contributed by atoms with E-state index in [2.05, 4.69) is 17.7 Å². The maximum absolute atomic E-state index is 9.46. The van der Waals surface area contributed by atoms with Crippen LogP contribution >= 0.6 is 0 Å². The average Bonchev–Trinajstić information content (AvgIpc) is 2.38. The first-order valence-electron chi connectivity index (χ1n) is 6.57. The first kappa shape index (κ1) is 16.5. The molecule has 1 aromatic carbocycles. The van der Waals surface area contributed by atoms with Gasteiger partial charge in [-0.1, -0.05) is 38.8 Å². The monoisotopic (exact) mass is 252 g/mol. The van der Waals surface area contributed by atoms with Crippen molar-refractivity contribution in [3.8, 4) is 5.75 Å². The van der Waals surface area contributed by atoms with Gasteiger partial charge in [0.25, 0.3) is 6.47 Å². The number of rotatable bonds is 7. The number of phenolic OH excluding ortho intramolecular Hbond substituents is 1. The fraction of sp³-hybridized carbons (Fsp3) is 0.533. The summed E-state index contributed by atoms with van der Waals surface area (Å²) in [4.78, 5) is 9.46. The van der Waals surface area contributed by atoms with Gasteiger partial charge in [0, 0.05) is 0 Å². The number of carbonyl (C=O) groups excluding carboxylic acids is 1. The molecule has 0 fully saturated rings. The van der Waals surface area contributed by atoms with E-state index < -0.39 is 0 Å². The van der Waals surface area contributed by atoms with Gasteiger partial charge in [0.1, 0.15) is 5.75 Å². The van der Waals surface area contributed by atoms with E-state index in [4.69, 9.17) is 5.11 Å². The van der Waals surface area contributed by atoms with E-state index in [0.717, 1.165) is 19.3 Å². The highest BCUT2D eigenvalue weighted by Gasteiger charge is 1.92. The Morgan fingerprint density at radius 1 is 1.22 bits per heavy atom. The third-order valence-corrected chi connectivity index (χ3v) is 2.41. The maximum atomic E-state index is 9.46. The molecule has 3 heteroatoms. The van der Waals surface area contributed by atoms with Crippen LogP contribution in [-0.2, 0) is 16.0 Å². The van der Waals surface area contributed by atoms with Crippen molar-refractivity contribution in [3.63, 3.8) is 0 Å². The molecular formula is C15H24O3. The van der Waals surface area contributed by atoms with Crippen molar-refractivity contribution in [2.24, 2.45) is 0 Å². The third kappa shape index (κ3) is 9.70. The summed E-state index contributed by atoms with van der Waals surface area (Å²) < 4.78 is 4.39. The zero-order chi connectivity index (χ0) is 13.6. The first-order valence-corrected chi connectivity index (χ1v) is 6.57. The topological polar surface area (TPSA) is 46.5 Å². The molecule has 102 valence electrons. The Morgan fingerprint density at radius 2 is 1.94 bits per heavy atom. The number of aryl methyl sites for hydroxylation is 1. The van der Waals surface area contributed by atoms with Crippen molar-refractivity contribution < 1.29 is 14.6 Å². The predicted molar refractivity (Wildman–Crippen MR) is 73.6 cm³/mol. The highest BCUT2D eigenvalue weighted by atomic mass is 16.5. The fourth-order valence-corrected chi connectivity index (χ4v) is 1.37. The first-order chi connectivity index (χ1) is 8.74. The Bertz CT molecular complexity index is 310. The summed E-state index contributed by atoms with van der Waals surface area (Å²) in [5.74, 6) is 0.374. The van der Waals surface area contributed by atoms with Gasteiger partial charge in [-0.05, 0) is 37.0 Å². The minimum atomic E-state index is 0.374. The Balaban J connectivity index is 0.000000360. The number of hydrogen-bond acceptors (Lipinski definition) is 3. The van der Waals surface area contributed by atoms with Crippen molar-refractivity contribution in [1.82, 2.24) is 0 Å². The Morgan fingerprint density at radius 3 is 2.50 bits per heavy atom. The molecule has 18 heavy (non-hydrogen) atoms. The summed E-state index contributed by atoms with van der Waals surface area (Å²) in [6.07, 6.45) is 5.52. The van der Waals surface area contributed by atoms with Crippen LogP contribution in [0.1, 0.15) is 45.1 Å². The molecule has 0 atom stereocenters. The molecule has 1 aromatic rings. The molecular weight excluding hydrogens is 228 g/mol. The minimum absolute atomic E-state index is 0.374. The molecule has 0 heterocycles. The number of aromatic hydroxyl groups is 1. The summed E-state index contributed by atoms with van der Waals surface area (Å²) in [5.41, 5.74) is 1.23. The van der Waals surface area contributed by atoms with E-state index in [1.54, 1.807) is 6.07 Å². The summed E-state index contributed by atoms with van der Waals surface area (Å²) in [5, 5.41) is 9.11. The van der Waals surface area contributed by atoms with Gasteiger partial charge in [0.15, 0.2) is 0 Å². The normalized spacial score (nSPS) is 9.22. The molecule has 0 spiro atoms. The molecule has 0 unspecified atom stereocenters. The standard InChI is InChI=1S/C10H14O.C5H10O2/c1-2-3-5-9-6-4-7-10(11)8-9;1-2-3-4-7-5-6/h4,6-8,11H,2-3,5H2,1H3;5H,2-4H2,1H3. The Hall–Kier alpha value is -1.51. The summed E-state index contributed by atoms with van der Waals surface area (Å²) in [6, 6.07) is 7.47. The van der Waals surface area contributed by atoms with Crippen LogP contribution in [0.2, 0.25) is 0 Å². The van der Waals surface area contributed by atoms with Crippen LogP contribution in [0.3, 0.4) is 0 Å². The lowest BCUT2D eigenvalue weighted by molar-refractivity contribution is -0.128. The third-order valence-electron chi connectivity index (χ3n) is 2.41. The fourth-order valence-electron chi connectivity index (χ4n) is 1.37. The van der Waals surface area contributed by atoms with Gasteiger partial charge in [-0.15, -0.1) is 0 Å². The second-order valence-corrected chi connectivity index (χ2v) is 4.09. The zero-order valence-corrected chi connectivity index (χ0v) is 11.4. The van der Waals surface area contributed by atoms with Crippen LogP contribution in [-0.4, -0.2) is 18.2 Å². The number of carbonyl (C=O) groups is 1. The van der Waals surface area contributed by atoms with Gasteiger partial charge in [-0.25, -0.2) is 0 Å². The van der Waals surface area contributed by atoms with Gasteiger partial charge in [0.2, 0.25) is 0 Å². The van der Waals surface area contributed by atoms with Crippen LogP contribution in [0.5, 0.6) is 5.75 Å². The number of hydrogen-bond donors (Lipinski definition) is 1. The largest absolute Gasteiger partial charge is 0.508 e. The summed E-state index contributed by atoms with van der Waals surface area (Å²) >= 11 is 0.